The van der Waals surface area contributed by atoms with E-state index in [0.29, 0.717) is 11.3 Å². The van der Waals surface area contributed by atoms with E-state index in [9.17, 15) is 9.18 Å². The minimum absolute atomic E-state index is 0.177. The van der Waals surface area contributed by atoms with E-state index in [1.165, 1.54) is 6.07 Å². The van der Waals surface area contributed by atoms with Crippen LogP contribution in [0.25, 0.3) is 0 Å². The van der Waals surface area contributed by atoms with Gasteiger partial charge in [-0.15, -0.1) is 0 Å². The molecule has 1 aliphatic carbocycles. The highest BCUT2D eigenvalue weighted by Gasteiger charge is 2.29. The summed E-state index contributed by atoms with van der Waals surface area (Å²) >= 11 is 0. The Labute approximate surface area is 128 Å². The van der Waals surface area contributed by atoms with Gasteiger partial charge in [-0.2, -0.15) is 5.10 Å². The van der Waals surface area contributed by atoms with Crippen LogP contribution in [0.2, 0.25) is 0 Å². The molecule has 0 radical (unpaired) electrons. The van der Waals surface area contributed by atoms with E-state index < -0.39 is 0 Å². The van der Waals surface area contributed by atoms with Gasteiger partial charge in [0.1, 0.15) is 5.82 Å². The lowest BCUT2D eigenvalue weighted by Gasteiger charge is -2.37. The Morgan fingerprint density at radius 2 is 2.23 bits per heavy atom. The van der Waals surface area contributed by atoms with Gasteiger partial charge in [0.25, 0.3) is 0 Å². The topological polar surface area (TPSA) is 50.2 Å². The Kier molecular flexibility index (Phi) is 4.09. The van der Waals surface area contributed by atoms with Crippen LogP contribution in [0.5, 0.6) is 0 Å². The van der Waals surface area contributed by atoms with Crippen LogP contribution in [0.15, 0.2) is 36.7 Å². The molecule has 0 unspecified atom stereocenters. The zero-order valence-electron chi connectivity index (χ0n) is 12.5. The Morgan fingerprint density at radius 1 is 1.45 bits per heavy atom. The van der Waals surface area contributed by atoms with Crippen LogP contribution in [-0.4, -0.2) is 26.8 Å². The average molecular weight is 302 g/mol. The molecular formula is C16H19FN4O. The number of aromatic nitrogens is 2. The molecule has 1 saturated carbocycles. The first-order chi connectivity index (χ1) is 10.6. The lowest BCUT2D eigenvalue weighted by molar-refractivity contribution is 0.142. The van der Waals surface area contributed by atoms with Gasteiger partial charge in [-0.3, -0.25) is 4.68 Å². The van der Waals surface area contributed by atoms with Crippen LogP contribution in [-0.2, 0) is 13.6 Å². The van der Waals surface area contributed by atoms with Gasteiger partial charge < -0.3 is 10.2 Å². The lowest BCUT2D eigenvalue weighted by atomic mass is 9.91. The van der Waals surface area contributed by atoms with Crippen molar-refractivity contribution in [2.45, 2.75) is 31.8 Å². The molecule has 3 rings (SSSR count). The molecule has 116 valence electrons. The number of nitrogens with zero attached hydrogens (tertiary/aromatic N) is 3. The summed E-state index contributed by atoms with van der Waals surface area (Å²) in [7, 11) is 1.79. The number of hydrogen-bond acceptors (Lipinski definition) is 2. The van der Waals surface area contributed by atoms with Crippen molar-refractivity contribution in [2.24, 2.45) is 7.05 Å². The highest BCUT2D eigenvalue weighted by molar-refractivity contribution is 5.89. The lowest BCUT2D eigenvalue weighted by Crippen LogP contribution is -2.45. The van der Waals surface area contributed by atoms with Crippen molar-refractivity contribution in [3.05, 3.63) is 48.0 Å². The third-order valence-corrected chi connectivity index (χ3v) is 4.03. The molecule has 0 bridgehead atoms. The van der Waals surface area contributed by atoms with Crippen LogP contribution >= 0.6 is 0 Å². The molecule has 0 aliphatic heterocycles. The van der Waals surface area contributed by atoms with E-state index in [2.05, 4.69) is 10.4 Å². The van der Waals surface area contributed by atoms with Crippen LogP contribution in [0.1, 0.15) is 24.8 Å². The van der Waals surface area contributed by atoms with Crippen LogP contribution in [0, 0.1) is 5.82 Å². The standard InChI is InChI=1S/C16H19FN4O/c1-20-11-13(9-18-20)19-16(22)21(14-6-4-7-14)10-12-5-2-3-8-15(12)17/h2-3,5,8-9,11,14H,4,6-7,10H2,1H3,(H,19,22). The van der Waals surface area contributed by atoms with Gasteiger partial charge in [0.2, 0.25) is 0 Å². The fourth-order valence-corrected chi connectivity index (χ4v) is 2.56. The first-order valence-electron chi connectivity index (χ1n) is 7.43. The minimum Gasteiger partial charge on any atom is -0.317 e. The second-order valence-electron chi connectivity index (χ2n) is 5.64. The number of nitrogens with one attached hydrogen (secondary N) is 1. The molecule has 1 aromatic heterocycles. The third-order valence-electron chi connectivity index (χ3n) is 4.03. The molecule has 1 aliphatic rings. The number of benzene rings is 1. The van der Waals surface area contributed by atoms with Crippen LogP contribution in [0.3, 0.4) is 0 Å². The van der Waals surface area contributed by atoms with E-state index in [-0.39, 0.29) is 24.4 Å². The number of anilines is 1. The van der Waals surface area contributed by atoms with E-state index in [1.807, 2.05) is 0 Å². The molecule has 2 amide bonds. The van der Waals surface area contributed by atoms with Crippen molar-refractivity contribution in [1.29, 1.82) is 0 Å². The summed E-state index contributed by atoms with van der Waals surface area (Å²) in [5.74, 6) is -0.277. The molecule has 22 heavy (non-hydrogen) atoms. The van der Waals surface area contributed by atoms with Gasteiger partial charge in [-0.1, -0.05) is 18.2 Å². The molecule has 1 fully saturated rings. The van der Waals surface area contributed by atoms with E-state index in [4.69, 9.17) is 0 Å². The number of amides is 2. The van der Waals surface area contributed by atoms with E-state index in [1.54, 1.807) is 47.2 Å². The normalized spacial score (nSPS) is 14.5. The maximum absolute atomic E-state index is 13.9. The second kappa shape index (κ2) is 6.17. The summed E-state index contributed by atoms with van der Waals surface area (Å²) in [5.41, 5.74) is 1.18. The van der Waals surface area contributed by atoms with Gasteiger partial charge in [-0.05, 0) is 25.3 Å². The molecular weight excluding hydrogens is 283 g/mol. The van der Waals surface area contributed by atoms with Crippen molar-refractivity contribution in [2.75, 3.05) is 5.32 Å². The molecule has 1 N–H and O–H groups in total. The van der Waals surface area contributed by atoms with Crippen molar-refractivity contribution < 1.29 is 9.18 Å². The molecule has 1 heterocycles. The average Bonchev–Trinajstić information content (AvgIpc) is 2.83. The summed E-state index contributed by atoms with van der Waals surface area (Å²) in [6.45, 7) is 0.281. The maximum Gasteiger partial charge on any atom is 0.322 e. The molecule has 0 atom stereocenters. The van der Waals surface area contributed by atoms with Gasteiger partial charge in [0.15, 0.2) is 0 Å². The number of aryl methyl sites for hydroxylation is 1. The summed E-state index contributed by atoms with van der Waals surface area (Å²) in [6, 6.07) is 6.56. The number of carbonyl (C=O) groups excluding carboxylic acids is 1. The number of urea groups is 1. The zero-order valence-corrected chi connectivity index (χ0v) is 12.5. The fraction of sp³-hybridized carbons (Fsp3) is 0.375. The first kappa shape index (κ1) is 14.6. The monoisotopic (exact) mass is 302 g/mol. The summed E-state index contributed by atoms with van der Waals surface area (Å²) in [4.78, 5) is 14.2. The molecule has 0 saturated heterocycles. The van der Waals surface area contributed by atoms with Crippen molar-refractivity contribution >= 4 is 11.7 Å². The largest absolute Gasteiger partial charge is 0.322 e. The fourth-order valence-electron chi connectivity index (χ4n) is 2.56. The summed E-state index contributed by atoms with van der Waals surface area (Å²) in [5, 5.41) is 6.86. The molecule has 5 nitrogen and oxygen atoms in total. The van der Waals surface area contributed by atoms with Crippen molar-refractivity contribution in [3.8, 4) is 0 Å². The summed E-state index contributed by atoms with van der Waals surface area (Å²) in [6.07, 6.45) is 6.38. The highest BCUT2D eigenvalue weighted by atomic mass is 19.1. The predicted octanol–water partition coefficient (Wildman–Crippen LogP) is 3.15. The Balaban J connectivity index is 1.74. The van der Waals surface area contributed by atoms with Crippen LogP contribution < -0.4 is 5.32 Å². The zero-order chi connectivity index (χ0) is 15.5. The molecule has 0 spiro atoms. The number of carbonyl (C=O) groups is 1. The second-order valence-corrected chi connectivity index (χ2v) is 5.64. The SMILES string of the molecule is Cn1cc(NC(=O)N(Cc2ccccc2F)C2CCC2)cn1. The van der Waals surface area contributed by atoms with Crippen LogP contribution in [0.4, 0.5) is 14.9 Å². The number of hydrogen-bond donors (Lipinski definition) is 1. The van der Waals surface area contributed by atoms with Crippen molar-refractivity contribution in [1.82, 2.24) is 14.7 Å². The smallest absolute Gasteiger partial charge is 0.317 e. The number of halogens is 1. The molecule has 2 aromatic rings. The minimum atomic E-state index is -0.277. The van der Waals surface area contributed by atoms with Gasteiger partial charge in [0.05, 0.1) is 18.4 Å². The Bertz CT molecular complexity index is 666. The van der Waals surface area contributed by atoms with Gasteiger partial charge in [0, 0.05) is 24.8 Å². The molecule has 6 heteroatoms. The molecule has 1 aromatic carbocycles. The highest BCUT2D eigenvalue weighted by Crippen LogP contribution is 2.27. The third kappa shape index (κ3) is 3.10. The van der Waals surface area contributed by atoms with Gasteiger partial charge in [-0.25, -0.2) is 9.18 Å². The van der Waals surface area contributed by atoms with E-state index >= 15 is 0 Å². The first-order valence-corrected chi connectivity index (χ1v) is 7.43. The maximum atomic E-state index is 13.9. The predicted molar refractivity (Wildman–Crippen MR) is 81.8 cm³/mol. The summed E-state index contributed by atoms with van der Waals surface area (Å²) < 4.78 is 15.5. The number of rotatable bonds is 4. The van der Waals surface area contributed by atoms with E-state index in [0.717, 1.165) is 19.3 Å². The van der Waals surface area contributed by atoms with Gasteiger partial charge >= 0.3 is 6.03 Å². The Hall–Kier alpha value is -2.37. The van der Waals surface area contributed by atoms with Crippen molar-refractivity contribution in [3.63, 3.8) is 0 Å². The Morgan fingerprint density at radius 3 is 2.82 bits per heavy atom. The quantitative estimate of drug-likeness (QED) is 0.943.